The van der Waals surface area contributed by atoms with Gasteiger partial charge in [0, 0.05) is 0 Å². The van der Waals surface area contributed by atoms with E-state index in [1.165, 1.54) is 6.07 Å². The van der Waals surface area contributed by atoms with Crippen LogP contribution in [0.15, 0.2) is 29.3 Å². The summed E-state index contributed by atoms with van der Waals surface area (Å²) in [5.41, 5.74) is -0.579. The second-order valence-electron chi connectivity index (χ2n) is 2.29. The molecule has 13 heavy (non-hydrogen) atoms. The molecule has 1 aromatic carbocycles. The van der Waals surface area contributed by atoms with Gasteiger partial charge in [-0.25, -0.2) is 8.78 Å². The summed E-state index contributed by atoms with van der Waals surface area (Å²) in [5.74, 6) is -2.55. The van der Waals surface area contributed by atoms with Crippen molar-refractivity contribution < 1.29 is 13.6 Å². The highest BCUT2D eigenvalue weighted by atomic mass is 79.9. The van der Waals surface area contributed by atoms with Crippen molar-refractivity contribution in [1.29, 1.82) is 0 Å². The Morgan fingerprint density at radius 1 is 1.46 bits per heavy atom. The zero-order chi connectivity index (χ0) is 10.0. The molecule has 0 bridgehead atoms. The number of rotatable bonds is 2. The van der Waals surface area contributed by atoms with Gasteiger partial charge in [0.05, 0.1) is 10.0 Å². The zero-order valence-electron chi connectivity index (χ0n) is 6.48. The molecule has 0 spiro atoms. The standard InChI is InChI=1S/C9H5BrF2O/c1-2-7(13)8-6(11)4-3-5(10)9(8)12/h2-4H,1H2. The third kappa shape index (κ3) is 1.83. The molecule has 0 aromatic heterocycles. The molecule has 0 fully saturated rings. The van der Waals surface area contributed by atoms with Crippen LogP contribution < -0.4 is 0 Å². The third-order valence-corrected chi connectivity index (χ3v) is 2.09. The molecule has 0 aliphatic rings. The van der Waals surface area contributed by atoms with Crippen molar-refractivity contribution >= 4 is 21.7 Å². The number of halogens is 3. The molecule has 4 heteroatoms. The molecule has 68 valence electrons. The van der Waals surface area contributed by atoms with Crippen LogP contribution in [-0.2, 0) is 0 Å². The van der Waals surface area contributed by atoms with Crippen LogP contribution in [0, 0.1) is 11.6 Å². The quantitative estimate of drug-likeness (QED) is 0.446. The second kappa shape index (κ2) is 3.79. The molecule has 0 N–H and O–H groups in total. The van der Waals surface area contributed by atoms with Gasteiger partial charge in [-0.3, -0.25) is 4.79 Å². The maximum atomic E-state index is 13.1. The van der Waals surface area contributed by atoms with Gasteiger partial charge in [0.1, 0.15) is 5.82 Å². The summed E-state index contributed by atoms with van der Waals surface area (Å²) < 4.78 is 26.1. The van der Waals surface area contributed by atoms with Crippen LogP contribution in [0.5, 0.6) is 0 Å². The monoisotopic (exact) mass is 246 g/mol. The molecule has 0 heterocycles. The average molecular weight is 247 g/mol. The maximum Gasteiger partial charge on any atom is 0.191 e. The first kappa shape index (κ1) is 10.1. The smallest absolute Gasteiger partial charge is 0.191 e. The lowest BCUT2D eigenvalue weighted by Crippen LogP contribution is -2.03. The SMILES string of the molecule is C=CC(=O)c1c(F)ccc(Br)c1F. The summed E-state index contributed by atoms with van der Waals surface area (Å²) in [7, 11) is 0. The molecule has 0 amide bonds. The lowest BCUT2D eigenvalue weighted by atomic mass is 10.1. The normalized spacial score (nSPS) is 9.77. The van der Waals surface area contributed by atoms with Crippen molar-refractivity contribution in [2.24, 2.45) is 0 Å². The van der Waals surface area contributed by atoms with Gasteiger partial charge in [0.2, 0.25) is 0 Å². The second-order valence-corrected chi connectivity index (χ2v) is 3.14. The zero-order valence-corrected chi connectivity index (χ0v) is 8.07. The molecule has 1 nitrogen and oxygen atoms in total. The van der Waals surface area contributed by atoms with Gasteiger partial charge in [-0.2, -0.15) is 0 Å². The van der Waals surface area contributed by atoms with Crippen molar-refractivity contribution in [1.82, 2.24) is 0 Å². The molecule has 0 aliphatic heterocycles. The summed E-state index contributed by atoms with van der Waals surface area (Å²) in [6, 6.07) is 2.22. The predicted molar refractivity (Wildman–Crippen MR) is 48.6 cm³/mol. The molecule has 0 saturated carbocycles. The van der Waals surface area contributed by atoms with Gasteiger partial charge in [0.15, 0.2) is 11.6 Å². The summed E-state index contributed by atoms with van der Waals surface area (Å²) >= 11 is 2.85. The van der Waals surface area contributed by atoms with E-state index in [1.807, 2.05) is 0 Å². The van der Waals surface area contributed by atoms with Crippen LogP contribution in [0.1, 0.15) is 10.4 Å². The summed E-state index contributed by atoms with van der Waals surface area (Å²) in [4.78, 5) is 11.0. The van der Waals surface area contributed by atoms with Crippen LogP contribution in [0.2, 0.25) is 0 Å². The number of hydrogen-bond acceptors (Lipinski definition) is 1. The maximum absolute atomic E-state index is 13.1. The molecule has 0 saturated heterocycles. The first-order valence-electron chi connectivity index (χ1n) is 3.38. The van der Waals surface area contributed by atoms with Crippen molar-refractivity contribution in [3.05, 3.63) is 46.5 Å². The topological polar surface area (TPSA) is 17.1 Å². The van der Waals surface area contributed by atoms with Crippen LogP contribution in [0.3, 0.4) is 0 Å². The molecular formula is C9H5BrF2O. The molecule has 0 atom stereocenters. The summed E-state index contributed by atoms with van der Waals surface area (Å²) in [6.07, 6.45) is 0.869. The van der Waals surface area contributed by atoms with Gasteiger partial charge in [-0.1, -0.05) is 6.58 Å². The van der Waals surface area contributed by atoms with E-state index in [2.05, 4.69) is 22.5 Å². The number of carbonyl (C=O) groups is 1. The van der Waals surface area contributed by atoms with Gasteiger partial charge in [-0.15, -0.1) is 0 Å². The van der Waals surface area contributed by atoms with E-state index >= 15 is 0 Å². The molecule has 0 radical (unpaired) electrons. The van der Waals surface area contributed by atoms with Gasteiger partial charge >= 0.3 is 0 Å². The minimum Gasteiger partial charge on any atom is -0.289 e. The number of carbonyl (C=O) groups excluding carboxylic acids is 1. The van der Waals surface area contributed by atoms with Gasteiger partial charge in [0.25, 0.3) is 0 Å². The fourth-order valence-corrected chi connectivity index (χ4v) is 1.19. The number of benzene rings is 1. The van der Waals surface area contributed by atoms with E-state index in [-0.39, 0.29) is 4.47 Å². The Morgan fingerprint density at radius 3 is 2.62 bits per heavy atom. The molecule has 1 rings (SSSR count). The Labute approximate surface area is 82.2 Å². The van der Waals surface area contributed by atoms with Crippen molar-refractivity contribution in [3.8, 4) is 0 Å². The van der Waals surface area contributed by atoms with E-state index in [1.54, 1.807) is 0 Å². The van der Waals surface area contributed by atoms with Crippen LogP contribution >= 0.6 is 15.9 Å². The lowest BCUT2D eigenvalue weighted by Gasteiger charge is -2.01. The Kier molecular flexibility index (Phi) is 2.93. The fraction of sp³-hybridized carbons (Fsp3) is 0. The van der Waals surface area contributed by atoms with Crippen LogP contribution in [0.25, 0.3) is 0 Å². The summed E-state index contributed by atoms with van der Waals surface area (Å²) in [6.45, 7) is 3.15. The van der Waals surface area contributed by atoms with Gasteiger partial charge in [-0.05, 0) is 34.1 Å². The van der Waals surface area contributed by atoms with Crippen molar-refractivity contribution in [3.63, 3.8) is 0 Å². The Bertz CT molecular complexity index is 374. The van der Waals surface area contributed by atoms with Crippen LogP contribution in [0.4, 0.5) is 8.78 Å². The fourth-order valence-electron chi connectivity index (χ4n) is 0.855. The number of hydrogen-bond donors (Lipinski definition) is 0. The average Bonchev–Trinajstić information content (AvgIpc) is 2.12. The molecule has 0 unspecified atom stereocenters. The highest BCUT2D eigenvalue weighted by Crippen LogP contribution is 2.21. The third-order valence-electron chi connectivity index (χ3n) is 1.48. The minimum atomic E-state index is -0.898. The molecule has 1 aromatic rings. The van der Waals surface area contributed by atoms with Crippen LogP contribution in [-0.4, -0.2) is 5.78 Å². The highest BCUT2D eigenvalue weighted by molar-refractivity contribution is 9.10. The number of allylic oxidation sites excluding steroid dienone is 1. The Balaban J connectivity index is 3.41. The highest BCUT2D eigenvalue weighted by Gasteiger charge is 2.16. The first-order valence-corrected chi connectivity index (χ1v) is 4.17. The Hall–Kier alpha value is -1.03. The largest absolute Gasteiger partial charge is 0.289 e. The van der Waals surface area contributed by atoms with Crippen molar-refractivity contribution in [2.45, 2.75) is 0 Å². The first-order chi connectivity index (χ1) is 6.07. The number of ketones is 1. The lowest BCUT2D eigenvalue weighted by molar-refractivity contribution is 0.103. The Morgan fingerprint density at radius 2 is 2.08 bits per heavy atom. The predicted octanol–water partition coefficient (Wildman–Crippen LogP) is 3.10. The van der Waals surface area contributed by atoms with Crippen molar-refractivity contribution in [2.75, 3.05) is 0 Å². The van der Waals surface area contributed by atoms with E-state index in [0.29, 0.717) is 0 Å². The van der Waals surface area contributed by atoms with Gasteiger partial charge < -0.3 is 0 Å². The van der Waals surface area contributed by atoms with E-state index in [4.69, 9.17) is 0 Å². The van der Waals surface area contributed by atoms with E-state index < -0.39 is 23.0 Å². The van der Waals surface area contributed by atoms with E-state index in [0.717, 1.165) is 12.1 Å². The molecule has 0 aliphatic carbocycles. The minimum absolute atomic E-state index is 0.0547. The van der Waals surface area contributed by atoms with E-state index in [9.17, 15) is 13.6 Å². The summed E-state index contributed by atoms with van der Waals surface area (Å²) in [5, 5.41) is 0. The molecular weight excluding hydrogens is 242 g/mol.